The predicted molar refractivity (Wildman–Crippen MR) is 93.2 cm³/mol. The van der Waals surface area contributed by atoms with Gasteiger partial charge < -0.3 is 10.2 Å². The van der Waals surface area contributed by atoms with Crippen LogP contribution in [0.3, 0.4) is 0 Å². The van der Waals surface area contributed by atoms with E-state index in [1.807, 2.05) is 0 Å². The summed E-state index contributed by atoms with van der Waals surface area (Å²) in [5.41, 5.74) is 4.52. The van der Waals surface area contributed by atoms with Crippen LogP contribution in [0.15, 0.2) is 18.2 Å². The molecule has 2 rings (SSSR count). The van der Waals surface area contributed by atoms with Crippen LogP contribution in [-0.2, 0) is 0 Å². The highest BCUT2D eigenvalue weighted by Crippen LogP contribution is 2.39. The number of benzene rings is 1. The second-order valence-electron chi connectivity index (χ2n) is 7.41. The van der Waals surface area contributed by atoms with Crippen LogP contribution >= 0.6 is 0 Å². The maximum absolute atomic E-state index is 3.45. The summed E-state index contributed by atoms with van der Waals surface area (Å²) in [5.74, 6) is 0.904. The summed E-state index contributed by atoms with van der Waals surface area (Å²) >= 11 is 0. The number of hydrogen-bond donors (Lipinski definition) is 1. The highest BCUT2D eigenvalue weighted by molar-refractivity contribution is 5.50. The average molecular weight is 288 g/mol. The monoisotopic (exact) mass is 288 g/mol. The van der Waals surface area contributed by atoms with Gasteiger partial charge in [0.05, 0.1) is 0 Å². The lowest BCUT2D eigenvalue weighted by Crippen LogP contribution is -2.44. The molecule has 0 aromatic heterocycles. The highest BCUT2D eigenvalue weighted by Gasteiger charge is 2.34. The van der Waals surface area contributed by atoms with E-state index in [9.17, 15) is 0 Å². The fraction of sp³-hybridized carbons (Fsp3) is 0.684. The van der Waals surface area contributed by atoms with E-state index in [1.54, 1.807) is 0 Å². The summed E-state index contributed by atoms with van der Waals surface area (Å²) in [6.07, 6.45) is 5.46. The first-order valence-corrected chi connectivity index (χ1v) is 8.38. The summed E-state index contributed by atoms with van der Waals surface area (Å²) in [7, 11) is 4.35. The van der Waals surface area contributed by atoms with Gasteiger partial charge in [0.15, 0.2) is 0 Å². The number of nitrogens with zero attached hydrogens (tertiary/aromatic N) is 1. The molecule has 1 saturated carbocycles. The van der Waals surface area contributed by atoms with E-state index in [1.165, 1.54) is 42.5 Å². The van der Waals surface area contributed by atoms with E-state index in [0.29, 0.717) is 5.41 Å². The molecule has 0 saturated heterocycles. The van der Waals surface area contributed by atoms with E-state index < -0.39 is 0 Å². The molecular formula is C19H32N2. The molecule has 1 aromatic rings. The fourth-order valence-corrected chi connectivity index (χ4v) is 3.91. The van der Waals surface area contributed by atoms with E-state index in [-0.39, 0.29) is 0 Å². The van der Waals surface area contributed by atoms with Gasteiger partial charge in [0, 0.05) is 31.2 Å². The standard InChI is InChI=1S/C19H32N2/c1-15-6-8-19(9-7-15,13-20-4)14-21(5)18-11-16(2)10-17(3)12-18/h10-12,15,20H,6-9,13-14H2,1-5H3. The molecule has 1 N–H and O–H groups in total. The molecule has 21 heavy (non-hydrogen) atoms. The van der Waals surface area contributed by atoms with Gasteiger partial charge in [-0.1, -0.05) is 25.8 Å². The Morgan fingerprint density at radius 3 is 2.24 bits per heavy atom. The predicted octanol–water partition coefficient (Wildman–Crippen LogP) is 4.16. The number of nitrogens with one attached hydrogen (secondary N) is 1. The Hall–Kier alpha value is -1.02. The van der Waals surface area contributed by atoms with Gasteiger partial charge in [-0.15, -0.1) is 0 Å². The van der Waals surface area contributed by atoms with Crippen molar-refractivity contribution >= 4 is 5.69 Å². The molecule has 1 fully saturated rings. The Bertz CT molecular complexity index is 438. The van der Waals surface area contributed by atoms with Crippen LogP contribution in [0.5, 0.6) is 0 Å². The Kier molecular flexibility index (Phi) is 5.32. The van der Waals surface area contributed by atoms with E-state index in [0.717, 1.165) is 19.0 Å². The molecule has 0 aliphatic heterocycles. The van der Waals surface area contributed by atoms with Crippen molar-refractivity contribution in [3.63, 3.8) is 0 Å². The van der Waals surface area contributed by atoms with E-state index in [2.05, 4.69) is 63.3 Å². The quantitative estimate of drug-likeness (QED) is 0.875. The molecule has 2 nitrogen and oxygen atoms in total. The van der Waals surface area contributed by atoms with Crippen LogP contribution in [-0.4, -0.2) is 27.2 Å². The van der Waals surface area contributed by atoms with Crippen molar-refractivity contribution in [3.8, 4) is 0 Å². The lowest BCUT2D eigenvalue weighted by atomic mass is 9.70. The molecule has 0 heterocycles. The molecule has 0 amide bonds. The Morgan fingerprint density at radius 2 is 1.71 bits per heavy atom. The lowest BCUT2D eigenvalue weighted by molar-refractivity contribution is 0.161. The maximum atomic E-state index is 3.45. The van der Waals surface area contributed by atoms with Crippen molar-refractivity contribution in [2.75, 3.05) is 32.1 Å². The van der Waals surface area contributed by atoms with Crippen molar-refractivity contribution in [1.82, 2.24) is 5.32 Å². The van der Waals surface area contributed by atoms with Gasteiger partial charge in [0.1, 0.15) is 0 Å². The van der Waals surface area contributed by atoms with Gasteiger partial charge in [-0.25, -0.2) is 0 Å². The first-order valence-electron chi connectivity index (χ1n) is 8.38. The number of anilines is 1. The average Bonchev–Trinajstić information content (AvgIpc) is 2.41. The zero-order chi connectivity index (χ0) is 15.5. The number of rotatable bonds is 5. The van der Waals surface area contributed by atoms with Gasteiger partial charge in [0.25, 0.3) is 0 Å². The minimum Gasteiger partial charge on any atom is -0.374 e. The Balaban J connectivity index is 2.12. The maximum Gasteiger partial charge on any atom is 0.0369 e. The normalized spacial score (nSPS) is 25.9. The Morgan fingerprint density at radius 1 is 1.14 bits per heavy atom. The largest absolute Gasteiger partial charge is 0.374 e. The lowest BCUT2D eigenvalue weighted by Gasteiger charge is -2.42. The third-order valence-electron chi connectivity index (χ3n) is 5.11. The van der Waals surface area contributed by atoms with E-state index in [4.69, 9.17) is 0 Å². The zero-order valence-corrected chi connectivity index (χ0v) is 14.5. The van der Waals surface area contributed by atoms with Gasteiger partial charge >= 0.3 is 0 Å². The molecule has 1 aromatic carbocycles. The van der Waals surface area contributed by atoms with Crippen molar-refractivity contribution in [2.45, 2.75) is 46.5 Å². The minimum atomic E-state index is 0.438. The van der Waals surface area contributed by atoms with E-state index >= 15 is 0 Å². The first-order chi connectivity index (χ1) is 9.94. The van der Waals surface area contributed by atoms with Crippen LogP contribution in [0.4, 0.5) is 5.69 Å². The van der Waals surface area contributed by atoms with Crippen molar-refractivity contribution in [1.29, 1.82) is 0 Å². The van der Waals surface area contributed by atoms with Crippen molar-refractivity contribution in [2.24, 2.45) is 11.3 Å². The van der Waals surface area contributed by atoms with Gasteiger partial charge in [0.2, 0.25) is 0 Å². The summed E-state index contributed by atoms with van der Waals surface area (Å²) in [6, 6.07) is 6.88. The summed E-state index contributed by atoms with van der Waals surface area (Å²) < 4.78 is 0. The van der Waals surface area contributed by atoms with Crippen LogP contribution in [0.25, 0.3) is 0 Å². The van der Waals surface area contributed by atoms with Crippen LogP contribution in [0, 0.1) is 25.2 Å². The molecule has 2 heteroatoms. The molecule has 1 aliphatic rings. The van der Waals surface area contributed by atoms with Crippen LogP contribution in [0.2, 0.25) is 0 Å². The highest BCUT2D eigenvalue weighted by atomic mass is 15.1. The van der Waals surface area contributed by atoms with Crippen molar-refractivity contribution in [3.05, 3.63) is 29.3 Å². The fourth-order valence-electron chi connectivity index (χ4n) is 3.91. The van der Waals surface area contributed by atoms with Crippen molar-refractivity contribution < 1.29 is 0 Å². The molecule has 0 unspecified atom stereocenters. The summed E-state index contributed by atoms with van der Waals surface area (Å²) in [4.78, 5) is 2.47. The molecular weight excluding hydrogens is 256 g/mol. The molecule has 0 radical (unpaired) electrons. The van der Waals surface area contributed by atoms with Crippen LogP contribution in [0.1, 0.15) is 43.7 Å². The van der Waals surface area contributed by atoms with Gasteiger partial charge in [-0.3, -0.25) is 0 Å². The molecule has 118 valence electrons. The number of hydrogen-bond acceptors (Lipinski definition) is 2. The second kappa shape index (κ2) is 6.83. The molecule has 0 atom stereocenters. The molecule has 0 spiro atoms. The minimum absolute atomic E-state index is 0.438. The topological polar surface area (TPSA) is 15.3 Å². The molecule has 0 bridgehead atoms. The molecule has 1 aliphatic carbocycles. The zero-order valence-electron chi connectivity index (χ0n) is 14.5. The third kappa shape index (κ3) is 4.23. The van der Waals surface area contributed by atoms with Crippen LogP contribution < -0.4 is 10.2 Å². The van der Waals surface area contributed by atoms with Gasteiger partial charge in [-0.2, -0.15) is 0 Å². The number of aryl methyl sites for hydroxylation is 2. The summed E-state index contributed by atoms with van der Waals surface area (Å²) in [5, 5.41) is 3.45. The Labute approximate surface area is 130 Å². The first kappa shape index (κ1) is 16.4. The summed E-state index contributed by atoms with van der Waals surface area (Å²) in [6.45, 7) is 9.07. The smallest absolute Gasteiger partial charge is 0.0369 e. The SMILES string of the molecule is CNCC1(CN(C)c2cc(C)cc(C)c2)CCC(C)CC1. The third-order valence-corrected chi connectivity index (χ3v) is 5.11. The second-order valence-corrected chi connectivity index (χ2v) is 7.41. The van der Waals surface area contributed by atoms with Gasteiger partial charge in [-0.05, 0) is 62.9 Å².